The number of benzene rings is 2. The minimum Gasteiger partial charge on any atom is -0.451 e. The quantitative estimate of drug-likeness (QED) is 0.648. The highest BCUT2D eigenvalue weighted by atomic mass is 79.9. The molecule has 2 heterocycles. The van der Waals surface area contributed by atoms with Crippen molar-refractivity contribution in [3.8, 4) is 0 Å². The van der Waals surface area contributed by atoms with E-state index >= 15 is 0 Å². The van der Waals surface area contributed by atoms with E-state index in [1.807, 2.05) is 41.3 Å². The van der Waals surface area contributed by atoms with Crippen LogP contribution in [0.15, 0.2) is 57.4 Å². The average Bonchev–Trinajstić information content (AvgIpc) is 2.96. The highest BCUT2D eigenvalue weighted by Gasteiger charge is 2.24. The first-order valence-corrected chi connectivity index (χ1v) is 8.05. The second kappa shape index (κ2) is 5.29. The molecule has 3 nitrogen and oxygen atoms in total. The van der Waals surface area contributed by atoms with Crippen molar-refractivity contribution in [3.63, 3.8) is 0 Å². The van der Waals surface area contributed by atoms with Gasteiger partial charge in [-0.05, 0) is 41.8 Å². The molecule has 0 radical (unpaired) electrons. The van der Waals surface area contributed by atoms with E-state index in [4.69, 9.17) is 4.42 Å². The third-order valence-electron chi connectivity index (χ3n) is 4.11. The van der Waals surface area contributed by atoms with Crippen molar-refractivity contribution in [2.45, 2.75) is 13.0 Å². The molecule has 4 heteroatoms. The van der Waals surface area contributed by atoms with Crippen LogP contribution in [0.5, 0.6) is 0 Å². The summed E-state index contributed by atoms with van der Waals surface area (Å²) in [4.78, 5) is 14.5. The number of halogens is 1. The van der Waals surface area contributed by atoms with Gasteiger partial charge in [-0.15, -0.1) is 0 Å². The van der Waals surface area contributed by atoms with Crippen LogP contribution in [-0.4, -0.2) is 17.4 Å². The Bertz CT molecular complexity index is 868. The van der Waals surface area contributed by atoms with Crippen molar-refractivity contribution in [3.05, 3.63) is 69.9 Å². The van der Waals surface area contributed by atoms with Gasteiger partial charge in [0.2, 0.25) is 0 Å². The number of hydrogen-bond donors (Lipinski definition) is 0. The Hall–Kier alpha value is -2.07. The monoisotopic (exact) mass is 355 g/mol. The lowest BCUT2D eigenvalue weighted by atomic mass is 10.00. The minimum atomic E-state index is -0.0400. The summed E-state index contributed by atoms with van der Waals surface area (Å²) in [5, 5.41) is 0.948. The summed E-state index contributed by atoms with van der Waals surface area (Å²) in [7, 11) is 0. The van der Waals surface area contributed by atoms with Gasteiger partial charge in [0.1, 0.15) is 5.58 Å². The third-order valence-corrected chi connectivity index (χ3v) is 4.60. The van der Waals surface area contributed by atoms with Crippen molar-refractivity contribution in [1.29, 1.82) is 0 Å². The fourth-order valence-electron chi connectivity index (χ4n) is 2.94. The number of carbonyl (C=O) groups excluding carboxylic acids is 1. The number of fused-ring (bicyclic) bond motifs is 2. The number of nitrogens with zero attached hydrogens (tertiary/aromatic N) is 1. The molecule has 0 fully saturated rings. The first kappa shape index (κ1) is 13.6. The van der Waals surface area contributed by atoms with Crippen LogP contribution in [0.2, 0.25) is 0 Å². The van der Waals surface area contributed by atoms with Crippen molar-refractivity contribution in [2.24, 2.45) is 0 Å². The number of carbonyl (C=O) groups is 1. The summed E-state index contributed by atoms with van der Waals surface area (Å²) in [6, 6.07) is 15.9. The number of furan rings is 1. The summed E-state index contributed by atoms with van der Waals surface area (Å²) in [6.07, 6.45) is 0.897. The van der Waals surface area contributed by atoms with Crippen LogP contribution in [0.25, 0.3) is 11.0 Å². The van der Waals surface area contributed by atoms with E-state index in [0.29, 0.717) is 12.3 Å². The lowest BCUT2D eigenvalue weighted by molar-refractivity contribution is 0.0705. The Morgan fingerprint density at radius 2 is 1.91 bits per heavy atom. The van der Waals surface area contributed by atoms with Crippen LogP contribution in [0.1, 0.15) is 21.7 Å². The average molecular weight is 356 g/mol. The second-order valence-electron chi connectivity index (χ2n) is 5.54. The maximum Gasteiger partial charge on any atom is 0.289 e. The smallest absolute Gasteiger partial charge is 0.289 e. The van der Waals surface area contributed by atoms with Gasteiger partial charge >= 0.3 is 0 Å². The molecule has 0 saturated heterocycles. The molecular weight excluding hydrogens is 342 g/mol. The van der Waals surface area contributed by atoms with Gasteiger partial charge in [-0.1, -0.05) is 40.2 Å². The van der Waals surface area contributed by atoms with Gasteiger partial charge in [-0.25, -0.2) is 0 Å². The Morgan fingerprint density at radius 3 is 2.77 bits per heavy atom. The lowest BCUT2D eigenvalue weighted by Crippen LogP contribution is -2.35. The molecule has 0 spiro atoms. The predicted molar refractivity (Wildman–Crippen MR) is 88.8 cm³/mol. The third kappa shape index (κ3) is 2.33. The molecule has 1 aliphatic rings. The zero-order chi connectivity index (χ0) is 15.1. The molecule has 0 bridgehead atoms. The Morgan fingerprint density at radius 1 is 1.09 bits per heavy atom. The molecule has 22 heavy (non-hydrogen) atoms. The van der Waals surface area contributed by atoms with Gasteiger partial charge in [0.15, 0.2) is 5.76 Å². The van der Waals surface area contributed by atoms with Gasteiger partial charge in [-0.3, -0.25) is 4.79 Å². The first-order valence-electron chi connectivity index (χ1n) is 7.26. The fraction of sp³-hybridized carbons (Fsp3) is 0.167. The van der Waals surface area contributed by atoms with Crippen LogP contribution >= 0.6 is 15.9 Å². The molecule has 0 N–H and O–H groups in total. The van der Waals surface area contributed by atoms with E-state index < -0.39 is 0 Å². The summed E-state index contributed by atoms with van der Waals surface area (Å²) in [5.41, 5.74) is 3.29. The molecule has 110 valence electrons. The molecule has 1 amide bonds. The largest absolute Gasteiger partial charge is 0.451 e. The molecule has 3 aromatic rings. The Balaban J connectivity index is 1.64. The second-order valence-corrected chi connectivity index (χ2v) is 6.45. The minimum absolute atomic E-state index is 0.0400. The molecule has 0 unspecified atom stereocenters. The summed E-state index contributed by atoms with van der Waals surface area (Å²) < 4.78 is 6.68. The molecule has 0 saturated carbocycles. The van der Waals surface area contributed by atoms with Crippen molar-refractivity contribution >= 4 is 32.8 Å². The highest BCUT2D eigenvalue weighted by molar-refractivity contribution is 9.10. The topological polar surface area (TPSA) is 33.5 Å². The van der Waals surface area contributed by atoms with Gasteiger partial charge < -0.3 is 9.32 Å². The van der Waals surface area contributed by atoms with Gasteiger partial charge in [-0.2, -0.15) is 0 Å². The van der Waals surface area contributed by atoms with Crippen LogP contribution in [0, 0.1) is 0 Å². The normalized spacial score (nSPS) is 14.1. The maximum atomic E-state index is 12.7. The van der Waals surface area contributed by atoms with Crippen LogP contribution in [0.4, 0.5) is 0 Å². The zero-order valence-electron chi connectivity index (χ0n) is 11.9. The van der Waals surface area contributed by atoms with E-state index in [0.717, 1.165) is 28.4 Å². The number of amides is 1. The van der Waals surface area contributed by atoms with Crippen LogP contribution < -0.4 is 0 Å². The van der Waals surface area contributed by atoms with E-state index in [1.165, 1.54) is 11.1 Å². The predicted octanol–water partition coefficient (Wildman–Crippen LogP) is 4.39. The molecule has 1 aromatic heterocycles. The SMILES string of the molecule is O=C(c1cc2ccc(Br)cc2o1)N1CCc2ccccc2C1. The number of hydrogen-bond acceptors (Lipinski definition) is 2. The summed E-state index contributed by atoms with van der Waals surface area (Å²) in [6.45, 7) is 1.38. The van der Waals surface area contributed by atoms with Crippen molar-refractivity contribution < 1.29 is 9.21 Å². The molecule has 0 atom stereocenters. The maximum absolute atomic E-state index is 12.7. The summed E-state index contributed by atoms with van der Waals surface area (Å²) >= 11 is 3.42. The van der Waals surface area contributed by atoms with E-state index in [1.54, 1.807) is 0 Å². The zero-order valence-corrected chi connectivity index (χ0v) is 13.5. The molecular formula is C18H14BrNO2. The van der Waals surface area contributed by atoms with Crippen molar-refractivity contribution in [1.82, 2.24) is 4.90 Å². The Labute approximate surface area is 136 Å². The van der Waals surface area contributed by atoms with E-state index in [-0.39, 0.29) is 5.91 Å². The van der Waals surface area contributed by atoms with Crippen LogP contribution in [-0.2, 0) is 13.0 Å². The molecule has 2 aromatic carbocycles. The summed E-state index contributed by atoms with van der Waals surface area (Å²) in [5.74, 6) is 0.370. The van der Waals surface area contributed by atoms with Gasteiger partial charge in [0, 0.05) is 22.9 Å². The lowest BCUT2D eigenvalue weighted by Gasteiger charge is -2.28. The van der Waals surface area contributed by atoms with E-state index in [9.17, 15) is 4.79 Å². The van der Waals surface area contributed by atoms with E-state index in [2.05, 4.69) is 28.1 Å². The molecule has 1 aliphatic heterocycles. The van der Waals surface area contributed by atoms with Crippen LogP contribution in [0.3, 0.4) is 0 Å². The highest BCUT2D eigenvalue weighted by Crippen LogP contribution is 2.26. The standard InChI is InChI=1S/C18H14BrNO2/c19-15-6-5-13-9-17(22-16(13)10-15)18(21)20-8-7-12-3-1-2-4-14(12)11-20/h1-6,9-10H,7-8,11H2. The first-order chi connectivity index (χ1) is 10.7. The number of rotatable bonds is 1. The van der Waals surface area contributed by atoms with Gasteiger partial charge in [0.05, 0.1) is 0 Å². The van der Waals surface area contributed by atoms with Crippen molar-refractivity contribution in [2.75, 3.05) is 6.54 Å². The van der Waals surface area contributed by atoms with Gasteiger partial charge in [0.25, 0.3) is 5.91 Å². The molecule has 4 rings (SSSR count). The fourth-order valence-corrected chi connectivity index (χ4v) is 3.28. The Kier molecular flexibility index (Phi) is 3.26. The molecule has 0 aliphatic carbocycles.